The summed E-state index contributed by atoms with van der Waals surface area (Å²) in [5, 5.41) is 3.33. The number of nitrogens with one attached hydrogen (secondary N) is 1. The zero-order valence-electron chi connectivity index (χ0n) is 17.6. The molecule has 1 N–H and O–H groups in total. The highest BCUT2D eigenvalue weighted by Crippen LogP contribution is 2.25. The van der Waals surface area contributed by atoms with Crippen molar-refractivity contribution >= 4 is 28.6 Å². The van der Waals surface area contributed by atoms with E-state index in [1.165, 1.54) is 0 Å². The van der Waals surface area contributed by atoms with E-state index in [1.54, 1.807) is 13.3 Å². The van der Waals surface area contributed by atoms with Crippen LogP contribution in [0.1, 0.15) is 45.5 Å². The molecule has 1 fully saturated rings. The van der Waals surface area contributed by atoms with Crippen molar-refractivity contribution in [2.45, 2.75) is 52.2 Å². The first kappa shape index (κ1) is 19.6. The Kier molecular flexibility index (Phi) is 5.62. The fraction of sp³-hybridized carbons (Fsp3) is 0.524. The lowest BCUT2D eigenvalue weighted by molar-refractivity contribution is 0.0816. The summed E-state index contributed by atoms with van der Waals surface area (Å²) in [6.45, 7) is 8.29. The second-order valence-corrected chi connectivity index (χ2v) is 7.69. The highest BCUT2D eigenvalue weighted by molar-refractivity contribution is 5.79. The Bertz CT molecular complexity index is 976. The summed E-state index contributed by atoms with van der Waals surface area (Å²) >= 11 is 0. The van der Waals surface area contributed by atoms with Crippen molar-refractivity contribution in [2.24, 2.45) is 0 Å². The monoisotopic (exact) mass is 395 g/mol. The van der Waals surface area contributed by atoms with Gasteiger partial charge in [0.25, 0.3) is 0 Å². The van der Waals surface area contributed by atoms with Crippen LogP contribution in [0.15, 0.2) is 24.5 Å². The van der Waals surface area contributed by atoms with E-state index in [0.717, 1.165) is 66.8 Å². The molecular formula is C21H29N7O. The van der Waals surface area contributed by atoms with Gasteiger partial charge in [-0.2, -0.15) is 4.98 Å². The summed E-state index contributed by atoms with van der Waals surface area (Å²) in [6, 6.07) is 4.26. The van der Waals surface area contributed by atoms with E-state index >= 15 is 0 Å². The molecule has 0 unspecified atom stereocenters. The minimum Gasteiger partial charge on any atom is -0.381 e. The van der Waals surface area contributed by atoms with Crippen LogP contribution in [0.4, 0.5) is 17.6 Å². The average Bonchev–Trinajstić information content (AvgIpc) is 3.12. The van der Waals surface area contributed by atoms with E-state index in [-0.39, 0.29) is 0 Å². The number of rotatable bonds is 6. The Morgan fingerprint density at radius 3 is 2.66 bits per heavy atom. The third-order valence-corrected chi connectivity index (χ3v) is 5.44. The van der Waals surface area contributed by atoms with Crippen molar-refractivity contribution in [1.29, 1.82) is 0 Å². The summed E-state index contributed by atoms with van der Waals surface area (Å²) in [5.74, 6) is 3.32. The predicted molar refractivity (Wildman–Crippen MR) is 115 cm³/mol. The van der Waals surface area contributed by atoms with Crippen molar-refractivity contribution in [3.63, 3.8) is 0 Å². The molecule has 0 atom stereocenters. The van der Waals surface area contributed by atoms with Gasteiger partial charge < -0.3 is 19.5 Å². The van der Waals surface area contributed by atoms with Gasteiger partial charge in [0.2, 0.25) is 5.95 Å². The van der Waals surface area contributed by atoms with E-state index in [2.05, 4.69) is 45.5 Å². The summed E-state index contributed by atoms with van der Waals surface area (Å²) in [6.07, 6.45) is 6.84. The largest absolute Gasteiger partial charge is 0.381 e. The van der Waals surface area contributed by atoms with Gasteiger partial charge in [0.15, 0.2) is 0 Å². The molecule has 3 aromatic heterocycles. The molecule has 29 heavy (non-hydrogen) atoms. The van der Waals surface area contributed by atoms with Gasteiger partial charge in [-0.1, -0.05) is 6.92 Å². The lowest BCUT2D eigenvalue weighted by atomic mass is 10.1. The highest BCUT2D eigenvalue weighted by Gasteiger charge is 2.21. The molecule has 1 aliphatic heterocycles. The molecule has 0 amide bonds. The van der Waals surface area contributed by atoms with Crippen LogP contribution in [-0.2, 0) is 11.2 Å². The lowest BCUT2D eigenvalue weighted by Gasteiger charge is -2.31. The number of fused-ring (bicyclic) bond motifs is 1. The molecule has 0 radical (unpaired) electrons. The fourth-order valence-corrected chi connectivity index (χ4v) is 3.94. The van der Waals surface area contributed by atoms with E-state index in [4.69, 9.17) is 14.7 Å². The van der Waals surface area contributed by atoms with E-state index in [9.17, 15) is 0 Å². The minimum atomic E-state index is 0.335. The number of hydrogen-bond donors (Lipinski definition) is 1. The Balaban J connectivity index is 1.56. The van der Waals surface area contributed by atoms with Crippen LogP contribution in [0.25, 0.3) is 11.0 Å². The number of hydrogen-bond acceptors (Lipinski definition) is 7. The number of anilines is 3. The highest BCUT2D eigenvalue weighted by atomic mass is 16.5. The normalized spacial score (nSPS) is 15.4. The summed E-state index contributed by atoms with van der Waals surface area (Å²) in [7, 11) is 1.78. The molecule has 8 nitrogen and oxygen atoms in total. The maximum Gasteiger partial charge on any atom is 0.227 e. The first-order valence-corrected chi connectivity index (χ1v) is 10.3. The van der Waals surface area contributed by atoms with Gasteiger partial charge in [-0.15, -0.1) is 0 Å². The number of nitrogens with zero attached hydrogens (tertiary/aromatic N) is 6. The molecule has 0 aliphatic carbocycles. The van der Waals surface area contributed by atoms with Crippen LogP contribution in [0.5, 0.6) is 0 Å². The molecule has 8 heteroatoms. The molecule has 0 saturated carbocycles. The maximum absolute atomic E-state index is 5.45. The van der Waals surface area contributed by atoms with Crippen LogP contribution in [0.2, 0.25) is 0 Å². The summed E-state index contributed by atoms with van der Waals surface area (Å²) < 4.78 is 7.73. The number of pyridine rings is 1. The molecule has 3 aromatic rings. The minimum absolute atomic E-state index is 0.335. The third-order valence-electron chi connectivity index (χ3n) is 5.44. The van der Waals surface area contributed by atoms with Gasteiger partial charge in [0.1, 0.15) is 23.0 Å². The third kappa shape index (κ3) is 4.03. The molecule has 154 valence electrons. The summed E-state index contributed by atoms with van der Waals surface area (Å²) in [5.41, 5.74) is 2.01. The number of piperidine rings is 1. The van der Waals surface area contributed by atoms with Crippen LogP contribution in [0.3, 0.4) is 0 Å². The molecule has 4 rings (SSSR count). The summed E-state index contributed by atoms with van der Waals surface area (Å²) in [4.78, 5) is 20.6. The number of imidazole rings is 1. The van der Waals surface area contributed by atoms with Gasteiger partial charge in [0.05, 0.1) is 17.8 Å². The Morgan fingerprint density at radius 2 is 1.97 bits per heavy atom. The van der Waals surface area contributed by atoms with Crippen molar-refractivity contribution in [2.75, 3.05) is 30.4 Å². The molecular weight excluding hydrogens is 366 g/mol. The Hall–Kier alpha value is -2.74. The quantitative estimate of drug-likeness (QED) is 0.681. The zero-order valence-corrected chi connectivity index (χ0v) is 17.6. The van der Waals surface area contributed by atoms with Crippen LogP contribution in [-0.4, -0.2) is 50.8 Å². The predicted octanol–water partition coefficient (Wildman–Crippen LogP) is 3.72. The van der Waals surface area contributed by atoms with E-state index < -0.39 is 0 Å². The number of aryl methyl sites for hydroxylation is 1. The zero-order chi connectivity index (χ0) is 20.4. The van der Waals surface area contributed by atoms with Crippen molar-refractivity contribution in [1.82, 2.24) is 24.5 Å². The van der Waals surface area contributed by atoms with Gasteiger partial charge in [-0.25, -0.2) is 15.0 Å². The smallest absolute Gasteiger partial charge is 0.227 e. The first-order valence-electron chi connectivity index (χ1n) is 10.3. The van der Waals surface area contributed by atoms with Gasteiger partial charge in [-0.05, 0) is 32.8 Å². The number of methoxy groups -OCH3 is 1. The molecule has 0 aromatic carbocycles. The lowest BCUT2D eigenvalue weighted by Crippen LogP contribution is -2.37. The Morgan fingerprint density at radius 1 is 1.17 bits per heavy atom. The van der Waals surface area contributed by atoms with Gasteiger partial charge >= 0.3 is 0 Å². The Labute approximate surface area is 171 Å². The molecule has 1 saturated heterocycles. The number of ether oxygens (including phenoxy) is 1. The van der Waals surface area contributed by atoms with Crippen molar-refractivity contribution in [3.8, 4) is 0 Å². The van der Waals surface area contributed by atoms with Crippen LogP contribution < -0.4 is 10.2 Å². The maximum atomic E-state index is 5.45. The van der Waals surface area contributed by atoms with Gasteiger partial charge in [0, 0.05) is 44.9 Å². The van der Waals surface area contributed by atoms with Crippen LogP contribution in [0, 0.1) is 0 Å². The van der Waals surface area contributed by atoms with Crippen LogP contribution >= 0.6 is 0 Å². The fourth-order valence-electron chi connectivity index (χ4n) is 3.94. The second-order valence-electron chi connectivity index (χ2n) is 7.69. The van der Waals surface area contributed by atoms with E-state index in [1.807, 2.05) is 18.3 Å². The second kappa shape index (κ2) is 8.32. The molecule has 4 heterocycles. The van der Waals surface area contributed by atoms with E-state index in [0.29, 0.717) is 12.1 Å². The molecule has 0 spiro atoms. The average molecular weight is 396 g/mol. The topological polar surface area (TPSA) is 81.0 Å². The van der Waals surface area contributed by atoms with Crippen molar-refractivity contribution < 1.29 is 4.74 Å². The SMILES string of the molecule is CCc1nc2cnc(Nc3ccnc(N4CCC(OC)CC4)n3)cc2n1C(C)C. The van der Waals surface area contributed by atoms with Crippen molar-refractivity contribution in [3.05, 3.63) is 30.4 Å². The molecule has 1 aliphatic rings. The number of aromatic nitrogens is 5. The molecule has 0 bridgehead atoms. The standard InChI is InChI=1S/C21H29N7O/c1-5-20-24-16-13-23-19(12-17(16)28(20)14(2)3)25-18-6-9-22-21(26-18)27-10-7-15(29-4)8-11-27/h6,9,12-15H,5,7-8,10-11H2,1-4H3,(H,22,23,25,26). The van der Waals surface area contributed by atoms with Gasteiger partial charge in [-0.3, -0.25) is 0 Å². The first-order chi connectivity index (χ1) is 14.1.